The third-order valence-electron chi connectivity index (χ3n) is 4.46. The molecule has 0 aromatic heterocycles. The van der Waals surface area contributed by atoms with E-state index in [0.29, 0.717) is 14.2 Å². The summed E-state index contributed by atoms with van der Waals surface area (Å²) in [5.74, 6) is -0.0374. The molecule has 26 heavy (non-hydrogen) atoms. The maximum atomic E-state index is 13.2. The highest BCUT2D eigenvalue weighted by Crippen LogP contribution is 2.51. The molecule has 7 heteroatoms. The molecule has 2 aromatic rings. The smallest absolute Gasteiger partial charge is 0.269 e. The SMILES string of the molecule is CC(c1ccccc1)N1C(=O)C(=C2Sc3ccc(Cl)cc3N2C)SC1=S. The zero-order valence-corrected chi connectivity index (χ0v) is 17.3. The van der Waals surface area contributed by atoms with Crippen molar-refractivity contribution in [2.24, 2.45) is 0 Å². The van der Waals surface area contributed by atoms with E-state index in [1.165, 1.54) is 11.8 Å². The predicted molar refractivity (Wildman–Crippen MR) is 115 cm³/mol. The highest BCUT2D eigenvalue weighted by atomic mass is 35.5. The summed E-state index contributed by atoms with van der Waals surface area (Å²) < 4.78 is 0.594. The number of thioether (sulfide) groups is 2. The van der Waals surface area contributed by atoms with Gasteiger partial charge in [-0.25, -0.2) is 0 Å². The molecule has 3 nitrogen and oxygen atoms in total. The first-order valence-electron chi connectivity index (χ1n) is 8.03. The lowest BCUT2D eigenvalue weighted by Crippen LogP contribution is -2.31. The molecule has 0 radical (unpaired) electrons. The highest BCUT2D eigenvalue weighted by Gasteiger charge is 2.40. The predicted octanol–water partition coefficient (Wildman–Crippen LogP) is 5.67. The molecule has 2 aliphatic heterocycles. The summed E-state index contributed by atoms with van der Waals surface area (Å²) >= 11 is 14.6. The maximum Gasteiger partial charge on any atom is 0.269 e. The number of thiocarbonyl (C=S) groups is 1. The molecule has 0 saturated carbocycles. The first-order chi connectivity index (χ1) is 12.5. The van der Waals surface area contributed by atoms with Crippen LogP contribution in [-0.4, -0.2) is 22.2 Å². The lowest BCUT2D eigenvalue weighted by Gasteiger charge is -2.23. The van der Waals surface area contributed by atoms with E-state index in [2.05, 4.69) is 0 Å². The molecular formula is C19H15ClN2OS3. The molecule has 0 bridgehead atoms. The van der Waals surface area contributed by atoms with Crippen LogP contribution in [0.5, 0.6) is 0 Å². The van der Waals surface area contributed by atoms with Crippen molar-refractivity contribution < 1.29 is 4.79 Å². The summed E-state index contributed by atoms with van der Waals surface area (Å²) in [6.45, 7) is 2.01. The molecule has 2 aliphatic rings. The number of fused-ring (bicyclic) bond motifs is 1. The number of nitrogens with zero attached hydrogens (tertiary/aromatic N) is 2. The molecule has 132 valence electrons. The van der Waals surface area contributed by atoms with Crippen LogP contribution in [0.3, 0.4) is 0 Å². The number of amides is 1. The number of anilines is 1. The topological polar surface area (TPSA) is 23.6 Å². The summed E-state index contributed by atoms with van der Waals surface area (Å²) in [4.78, 5) is 18.7. The summed E-state index contributed by atoms with van der Waals surface area (Å²) in [7, 11) is 1.96. The van der Waals surface area contributed by atoms with Crippen molar-refractivity contribution in [3.8, 4) is 0 Å². The second kappa shape index (κ2) is 6.93. The van der Waals surface area contributed by atoms with Crippen molar-refractivity contribution in [3.05, 3.63) is 69.1 Å². The monoisotopic (exact) mass is 418 g/mol. The molecule has 1 fully saturated rings. The van der Waals surface area contributed by atoms with Gasteiger partial charge in [0.1, 0.15) is 9.23 Å². The second-order valence-electron chi connectivity index (χ2n) is 6.04. The summed E-state index contributed by atoms with van der Waals surface area (Å²) in [5, 5.41) is 1.59. The van der Waals surface area contributed by atoms with Gasteiger partial charge in [-0.1, -0.05) is 77.7 Å². The van der Waals surface area contributed by atoms with E-state index in [1.54, 1.807) is 16.7 Å². The Kier molecular flexibility index (Phi) is 4.77. The minimum absolute atomic E-state index is 0.0374. The number of carbonyl (C=O) groups is 1. The van der Waals surface area contributed by atoms with Gasteiger partial charge in [0.2, 0.25) is 0 Å². The van der Waals surface area contributed by atoms with E-state index in [9.17, 15) is 4.79 Å². The lowest BCUT2D eigenvalue weighted by atomic mass is 10.1. The van der Waals surface area contributed by atoms with E-state index < -0.39 is 0 Å². The number of hydrogen-bond donors (Lipinski definition) is 0. The van der Waals surface area contributed by atoms with Gasteiger partial charge in [0.15, 0.2) is 0 Å². The zero-order chi connectivity index (χ0) is 18.4. The van der Waals surface area contributed by atoms with Crippen LogP contribution in [0.2, 0.25) is 5.02 Å². The number of benzene rings is 2. The Morgan fingerprint density at radius 2 is 1.85 bits per heavy atom. The minimum atomic E-state index is -0.102. The van der Waals surface area contributed by atoms with Crippen molar-refractivity contribution in [1.82, 2.24) is 4.90 Å². The molecule has 0 N–H and O–H groups in total. The number of carbonyl (C=O) groups excluding carboxylic acids is 1. The largest absolute Gasteiger partial charge is 0.337 e. The third-order valence-corrected chi connectivity index (χ3v) is 7.45. The Labute approximate surface area is 171 Å². The molecule has 4 rings (SSSR count). The van der Waals surface area contributed by atoms with Crippen molar-refractivity contribution in [2.75, 3.05) is 11.9 Å². The zero-order valence-electron chi connectivity index (χ0n) is 14.1. The highest BCUT2D eigenvalue weighted by molar-refractivity contribution is 8.27. The maximum absolute atomic E-state index is 13.2. The number of rotatable bonds is 2. The Morgan fingerprint density at radius 3 is 2.58 bits per heavy atom. The van der Waals surface area contributed by atoms with Crippen LogP contribution in [0.25, 0.3) is 0 Å². The van der Waals surface area contributed by atoms with Gasteiger partial charge in [0, 0.05) is 17.0 Å². The van der Waals surface area contributed by atoms with Crippen LogP contribution in [-0.2, 0) is 4.79 Å². The average molecular weight is 419 g/mol. The summed E-state index contributed by atoms with van der Waals surface area (Å²) in [6, 6.07) is 15.6. The van der Waals surface area contributed by atoms with Gasteiger partial charge < -0.3 is 4.90 Å². The standard InChI is InChI=1S/C19H15ClN2OS3/c1-11(12-6-4-3-5-7-12)22-17(23)16(26-19(22)24)18-21(2)14-10-13(20)8-9-15(14)25-18/h3-11H,1-2H3. The third kappa shape index (κ3) is 2.95. The van der Waals surface area contributed by atoms with Crippen LogP contribution in [0.1, 0.15) is 18.5 Å². The van der Waals surface area contributed by atoms with Gasteiger partial charge in [-0.3, -0.25) is 9.69 Å². The molecular weight excluding hydrogens is 404 g/mol. The van der Waals surface area contributed by atoms with Crippen LogP contribution < -0.4 is 4.90 Å². The molecule has 1 saturated heterocycles. The number of halogens is 1. The van der Waals surface area contributed by atoms with Gasteiger partial charge in [0.25, 0.3) is 5.91 Å². The molecule has 1 amide bonds. The molecule has 1 atom stereocenters. The van der Waals surface area contributed by atoms with Crippen LogP contribution >= 0.6 is 47.3 Å². The first-order valence-corrected chi connectivity index (χ1v) is 10.4. The van der Waals surface area contributed by atoms with Gasteiger partial charge in [0.05, 0.1) is 16.8 Å². The fraction of sp³-hybridized carbons (Fsp3) is 0.158. The fourth-order valence-corrected chi connectivity index (χ4v) is 5.93. The first kappa shape index (κ1) is 17.9. The Bertz CT molecular complexity index is 945. The van der Waals surface area contributed by atoms with Crippen molar-refractivity contribution in [1.29, 1.82) is 0 Å². The molecule has 2 heterocycles. The van der Waals surface area contributed by atoms with Gasteiger partial charge in [-0.2, -0.15) is 0 Å². The Balaban J connectivity index is 1.69. The second-order valence-corrected chi connectivity index (χ2v) is 9.15. The van der Waals surface area contributed by atoms with Gasteiger partial charge in [-0.15, -0.1) is 0 Å². The Hall–Kier alpha value is -1.47. The van der Waals surface area contributed by atoms with E-state index in [-0.39, 0.29) is 11.9 Å². The van der Waals surface area contributed by atoms with Crippen LogP contribution in [0.15, 0.2) is 63.4 Å². The normalized spacial score (nSPS) is 20.7. The van der Waals surface area contributed by atoms with Crippen molar-refractivity contribution in [3.63, 3.8) is 0 Å². The molecule has 2 aromatic carbocycles. The van der Waals surface area contributed by atoms with E-state index in [1.807, 2.05) is 67.4 Å². The number of hydrogen-bond acceptors (Lipinski definition) is 5. The van der Waals surface area contributed by atoms with E-state index in [0.717, 1.165) is 21.2 Å². The average Bonchev–Trinajstić information content (AvgIpc) is 3.11. The lowest BCUT2D eigenvalue weighted by molar-refractivity contribution is -0.123. The Morgan fingerprint density at radius 1 is 1.12 bits per heavy atom. The summed E-state index contributed by atoms with van der Waals surface area (Å²) in [6.07, 6.45) is 0. The van der Waals surface area contributed by atoms with Crippen molar-refractivity contribution in [2.45, 2.75) is 17.9 Å². The van der Waals surface area contributed by atoms with Crippen LogP contribution in [0.4, 0.5) is 5.69 Å². The van der Waals surface area contributed by atoms with Gasteiger partial charge in [-0.05, 0) is 30.7 Å². The molecule has 0 spiro atoms. The quantitative estimate of drug-likeness (QED) is 0.461. The molecule has 1 unspecified atom stereocenters. The van der Waals surface area contributed by atoms with Crippen LogP contribution in [0, 0.1) is 0 Å². The van der Waals surface area contributed by atoms with E-state index in [4.69, 9.17) is 23.8 Å². The molecule has 0 aliphatic carbocycles. The van der Waals surface area contributed by atoms with Crippen molar-refractivity contribution >= 4 is 63.3 Å². The summed E-state index contributed by atoms with van der Waals surface area (Å²) in [5.41, 5.74) is 2.08. The minimum Gasteiger partial charge on any atom is -0.337 e. The fourth-order valence-electron chi connectivity index (χ4n) is 3.04. The van der Waals surface area contributed by atoms with E-state index >= 15 is 0 Å². The van der Waals surface area contributed by atoms with Gasteiger partial charge >= 0.3 is 0 Å².